The summed E-state index contributed by atoms with van der Waals surface area (Å²) in [6.07, 6.45) is 0. The molecule has 14 heavy (non-hydrogen) atoms. The van der Waals surface area contributed by atoms with Crippen LogP contribution < -0.4 is 4.74 Å². The quantitative estimate of drug-likeness (QED) is 0.731. The molecule has 0 atom stereocenters. The van der Waals surface area contributed by atoms with Gasteiger partial charge in [-0.15, -0.1) is 11.6 Å². The maximum Gasteiger partial charge on any atom is 0.137 e. The number of benzene rings is 1. The molecule has 2 nitrogen and oxygen atoms in total. The van der Waals surface area contributed by atoms with E-state index in [0.717, 1.165) is 5.56 Å². The molecule has 1 fully saturated rings. The van der Waals surface area contributed by atoms with Crippen LogP contribution in [0.15, 0.2) is 18.2 Å². The molecule has 0 bridgehead atoms. The van der Waals surface area contributed by atoms with Crippen molar-refractivity contribution in [3.05, 3.63) is 28.8 Å². The van der Waals surface area contributed by atoms with Crippen molar-refractivity contribution in [3.8, 4) is 5.75 Å². The summed E-state index contributed by atoms with van der Waals surface area (Å²) in [4.78, 5) is -0.393. The van der Waals surface area contributed by atoms with Gasteiger partial charge in [0.25, 0.3) is 0 Å². The third-order valence-corrected chi connectivity index (χ3v) is 3.06. The molecule has 1 aromatic carbocycles. The number of methoxy groups -OCH3 is 1. The van der Waals surface area contributed by atoms with Gasteiger partial charge >= 0.3 is 0 Å². The molecule has 1 aliphatic heterocycles. The van der Waals surface area contributed by atoms with Gasteiger partial charge in [-0.2, -0.15) is 0 Å². The highest BCUT2D eigenvalue weighted by molar-refractivity contribution is 6.32. The van der Waals surface area contributed by atoms with Gasteiger partial charge in [0, 0.05) is 0 Å². The summed E-state index contributed by atoms with van der Waals surface area (Å²) < 4.78 is 10.1. The van der Waals surface area contributed by atoms with E-state index in [1.54, 1.807) is 7.11 Å². The minimum absolute atomic E-state index is 0.393. The maximum atomic E-state index is 6.28. The minimum Gasteiger partial charge on any atom is -0.495 e. The summed E-state index contributed by atoms with van der Waals surface area (Å²) in [5.74, 6) is 0.663. The molecule has 1 saturated heterocycles. The van der Waals surface area contributed by atoms with E-state index in [2.05, 4.69) is 0 Å². The first-order chi connectivity index (χ1) is 6.65. The van der Waals surface area contributed by atoms with Crippen LogP contribution in [0.25, 0.3) is 0 Å². The lowest BCUT2D eigenvalue weighted by Crippen LogP contribution is -2.41. The molecule has 2 rings (SSSR count). The van der Waals surface area contributed by atoms with Crippen molar-refractivity contribution in [2.75, 3.05) is 20.3 Å². The zero-order chi connectivity index (χ0) is 10.2. The second kappa shape index (κ2) is 3.61. The van der Waals surface area contributed by atoms with E-state index in [1.807, 2.05) is 18.2 Å². The van der Waals surface area contributed by atoms with Gasteiger partial charge in [-0.05, 0) is 17.7 Å². The first kappa shape index (κ1) is 10.1. The van der Waals surface area contributed by atoms with Crippen molar-refractivity contribution in [2.45, 2.75) is 4.87 Å². The fraction of sp³-hybridized carbons (Fsp3) is 0.400. The molecule has 1 aliphatic rings. The Morgan fingerprint density at radius 1 is 1.43 bits per heavy atom. The van der Waals surface area contributed by atoms with Crippen molar-refractivity contribution in [3.63, 3.8) is 0 Å². The topological polar surface area (TPSA) is 18.5 Å². The van der Waals surface area contributed by atoms with E-state index >= 15 is 0 Å². The number of alkyl halides is 1. The van der Waals surface area contributed by atoms with E-state index in [4.69, 9.17) is 32.7 Å². The SMILES string of the molecule is COc1ccc(C2(Cl)COC2)cc1Cl. The normalized spacial score (nSPS) is 18.8. The van der Waals surface area contributed by atoms with Crippen molar-refractivity contribution >= 4 is 23.2 Å². The van der Waals surface area contributed by atoms with E-state index in [9.17, 15) is 0 Å². The van der Waals surface area contributed by atoms with E-state index in [-0.39, 0.29) is 0 Å². The molecular formula is C10H10Cl2O2. The Balaban J connectivity index is 2.32. The highest BCUT2D eigenvalue weighted by Crippen LogP contribution is 2.39. The van der Waals surface area contributed by atoms with Gasteiger partial charge in [-0.25, -0.2) is 0 Å². The number of rotatable bonds is 2. The predicted octanol–water partition coefficient (Wildman–Crippen LogP) is 2.81. The van der Waals surface area contributed by atoms with Gasteiger partial charge in [-0.1, -0.05) is 17.7 Å². The number of halogens is 2. The molecular weight excluding hydrogens is 223 g/mol. The summed E-state index contributed by atoms with van der Waals surface area (Å²) in [6.45, 7) is 1.08. The van der Waals surface area contributed by atoms with Crippen LogP contribution in [0.1, 0.15) is 5.56 Å². The zero-order valence-electron chi connectivity index (χ0n) is 7.72. The molecule has 0 spiro atoms. The lowest BCUT2D eigenvalue weighted by atomic mass is 9.96. The van der Waals surface area contributed by atoms with Crippen LogP contribution in [0.2, 0.25) is 5.02 Å². The van der Waals surface area contributed by atoms with Crippen LogP contribution >= 0.6 is 23.2 Å². The summed E-state index contributed by atoms with van der Waals surface area (Å²) in [6, 6.07) is 5.57. The van der Waals surface area contributed by atoms with Gasteiger partial charge in [0.15, 0.2) is 0 Å². The van der Waals surface area contributed by atoms with Crippen LogP contribution in [0.5, 0.6) is 5.75 Å². The smallest absolute Gasteiger partial charge is 0.137 e. The molecule has 0 aliphatic carbocycles. The zero-order valence-corrected chi connectivity index (χ0v) is 9.23. The van der Waals surface area contributed by atoms with Crippen molar-refractivity contribution in [2.24, 2.45) is 0 Å². The molecule has 0 radical (unpaired) electrons. The minimum atomic E-state index is -0.393. The molecule has 1 heterocycles. The van der Waals surface area contributed by atoms with Crippen LogP contribution in [0.4, 0.5) is 0 Å². The Labute approximate surface area is 92.7 Å². The fourth-order valence-corrected chi connectivity index (χ4v) is 1.92. The van der Waals surface area contributed by atoms with Crippen LogP contribution in [0, 0.1) is 0 Å². The monoisotopic (exact) mass is 232 g/mol. The predicted molar refractivity (Wildman–Crippen MR) is 56.4 cm³/mol. The third kappa shape index (κ3) is 1.58. The van der Waals surface area contributed by atoms with Gasteiger partial charge in [0.1, 0.15) is 10.6 Å². The molecule has 76 valence electrons. The second-order valence-corrected chi connectivity index (χ2v) is 4.44. The summed E-state index contributed by atoms with van der Waals surface area (Å²) >= 11 is 12.3. The van der Waals surface area contributed by atoms with E-state index in [1.165, 1.54) is 0 Å². The number of hydrogen-bond donors (Lipinski definition) is 0. The van der Waals surface area contributed by atoms with E-state index < -0.39 is 4.87 Å². The maximum absolute atomic E-state index is 6.28. The Morgan fingerprint density at radius 2 is 2.14 bits per heavy atom. The lowest BCUT2D eigenvalue weighted by molar-refractivity contribution is -0.0152. The highest BCUT2D eigenvalue weighted by Gasteiger charge is 2.38. The Hall–Kier alpha value is -0.440. The summed E-state index contributed by atoms with van der Waals surface area (Å²) in [5, 5.41) is 0.580. The van der Waals surface area contributed by atoms with Crippen LogP contribution in [0.3, 0.4) is 0 Å². The van der Waals surface area contributed by atoms with E-state index in [0.29, 0.717) is 24.0 Å². The molecule has 0 aromatic heterocycles. The van der Waals surface area contributed by atoms with Gasteiger partial charge in [0.2, 0.25) is 0 Å². The van der Waals surface area contributed by atoms with Crippen LogP contribution in [-0.4, -0.2) is 20.3 Å². The van der Waals surface area contributed by atoms with Crippen molar-refractivity contribution in [1.82, 2.24) is 0 Å². The molecule has 0 unspecified atom stereocenters. The van der Waals surface area contributed by atoms with Crippen molar-refractivity contribution in [1.29, 1.82) is 0 Å². The Bertz CT molecular complexity index is 348. The van der Waals surface area contributed by atoms with Crippen molar-refractivity contribution < 1.29 is 9.47 Å². The standard InChI is InChI=1S/C10H10Cl2O2/c1-13-9-3-2-7(4-8(9)11)10(12)5-14-6-10/h2-4H,5-6H2,1H3. The number of ether oxygens (including phenoxy) is 2. The van der Waals surface area contributed by atoms with Crippen LogP contribution in [-0.2, 0) is 9.61 Å². The average molecular weight is 233 g/mol. The first-order valence-electron chi connectivity index (χ1n) is 4.26. The highest BCUT2D eigenvalue weighted by atomic mass is 35.5. The average Bonchev–Trinajstić information content (AvgIpc) is 2.14. The summed E-state index contributed by atoms with van der Waals surface area (Å²) in [7, 11) is 1.59. The molecule has 0 N–H and O–H groups in total. The third-order valence-electron chi connectivity index (χ3n) is 2.33. The molecule has 0 saturated carbocycles. The van der Waals surface area contributed by atoms with Gasteiger partial charge in [0.05, 0.1) is 25.3 Å². The second-order valence-electron chi connectivity index (χ2n) is 3.31. The molecule has 4 heteroatoms. The van der Waals surface area contributed by atoms with Gasteiger partial charge in [-0.3, -0.25) is 0 Å². The first-order valence-corrected chi connectivity index (χ1v) is 5.02. The fourth-order valence-electron chi connectivity index (χ4n) is 1.39. The van der Waals surface area contributed by atoms with Gasteiger partial charge < -0.3 is 9.47 Å². The Kier molecular flexibility index (Phi) is 2.60. The summed E-state index contributed by atoms with van der Waals surface area (Å²) in [5.41, 5.74) is 0.983. The Morgan fingerprint density at radius 3 is 2.57 bits per heavy atom. The number of hydrogen-bond acceptors (Lipinski definition) is 2. The largest absolute Gasteiger partial charge is 0.495 e. The molecule has 0 amide bonds. The molecule has 1 aromatic rings. The lowest BCUT2D eigenvalue weighted by Gasteiger charge is -2.36.